The first kappa shape index (κ1) is 15.8. The highest BCUT2D eigenvalue weighted by atomic mass is 79.9. The predicted octanol–water partition coefficient (Wildman–Crippen LogP) is 2.34. The van der Waals surface area contributed by atoms with E-state index in [-0.39, 0.29) is 24.4 Å². The summed E-state index contributed by atoms with van der Waals surface area (Å²) in [5.74, 6) is -0.458. The Labute approximate surface area is 116 Å². The smallest absolute Gasteiger partial charge is 0.398 e. The second kappa shape index (κ2) is 6.76. The van der Waals surface area contributed by atoms with Crippen LogP contribution in [0.2, 0.25) is 0 Å². The fourth-order valence-electron chi connectivity index (χ4n) is 1.26. The average molecular weight is 341 g/mol. The molecule has 0 aliphatic heterocycles. The number of carbonyl (C=O) groups is 1. The van der Waals surface area contributed by atoms with Gasteiger partial charge in [-0.2, -0.15) is 13.2 Å². The Kier molecular flexibility index (Phi) is 5.61. The quantitative estimate of drug-likeness (QED) is 0.638. The van der Waals surface area contributed by atoms with Crippen molar-refractivity contribution in [3.63, 3.8) is 0 Å². The maximum absolute atomic E-state index is 11.8. The summed E-state index contributed by atoms with van der Waals surface area (Å²) in [6.07, 6.45) is -4.36. The SMILES string of the molecule is Nc1cc(Br)ccc1C(=O)NCCOCC(F)(F)F. The van der Waals surface area contributed by atoms with Gasteiger partial charge < -0.3 is 15.8 Å². The van der Waals surface area contributed by atoms with Gasteiger partial charge >= 0.3 is 6.18 Å². The van der Waals surface area contributed by atoms with E-state index in [2.05, 4.69) is 26.0 Å². The molecular formula is C11H12BrF3N2O2. The van der Waals surface area contributed by atoms with Crippen molar-refractivity contribution < 1.29 is 22.7 Å². The zero-order chi connectivity index (χ0) is 14.5. The molecule has 0 unspecified atom stereocenters. The molecule has 19 heavy (non-hydrogen) atoms. The van der Waals surface area contributed by atoms with Gasteiger partial charge in [-0.3, -0.25) is 4.79 Å². The predicted molar refractivity (Wildman–Crippen MR) is 67.8 cm³/mol. The lowest BCUT2D eigenvalue weighted by Gasteiger charge is -2.09. The van der Waals surface area contributed by atoms with Crippen LogP contribution in [-0.2, 0) is 4.74 Å². The van der Waals surface area contributed by atoms with Crippen LogP contribution in [0.25, 0.3) is 0 Å². The molecule has 3 N–H and O–H groups in total. The third-order valence-corrected chi connectivity index (χ3v) is 2.55. The summed E-state index contributed by atoms with van der Waals surface area (Å²) >= 11 is 3.20. The second-order valence-electron chi connectivity index (χ2n) is 3.66. The maximum atomic E-state index is 11.8. The molecule has 1 amide bonds. The molecule has 1 aromatic carbocycles. The molecule has 0 aromatic heterocycles. The van der Waals surface area contributed by atoms with Gasteiger partial charge in [0.1, 0.15) is 6.61 Å². The van der Waals surface area contributed by atoms with Crippen LogP contribution in [0.5, 0.6) is 0 Å². The Morgan fingerprint density at radius 3 is 2.68 bits per heavy atom. The Bertz CT molecular complexity index is 452. The van der Waals surface area contributed by atoms with E-state index in [0.29, 0.717) is 0 Å². The molecule has 0 heterocycles. The third-order valence-electron chi connectivity index (χ3n) is 2.06. The van der Waals surface area contributed by atoms with E-state index in [1.165, 1.54) is 6.07 Å². The van der Waals surface area contributed by atoms with Crippen LogP contribution < -0.4 is 11.1 Å². The van der Waals surface area contributed by atoms with Gasteiger partial charge in [-0.15, -0.1) is 0 Å². The van der Waals surface area contributed by atoms with Gasteiger partial charge in [-0.1, -0.05) is 15.9 Å². The number of alkyl halides is 3. The summed E-state index contributed by atoms with van der Waals surface area (Å²) in [6, 6.07) is 4.73. The van der Waals surface area contributed by atoms with E-state index < -0.39 is 18.7 Å². The number of benzene rings is 1. The van der Waals surface area contributed by atoms with Crippen molar-refractivity contribution in [1.29, 1.82) is 0 Å². The topological polar surface area (TPSA) is 64.4 Å². The van der Waals surface area contributed by atoms with Gasteiger partial charge in [0.25, 0.3) is 5.91 Å². The van der Waals surface area contributed by atoms with E-state index in [9.17, 15) is 18.0 Å². The Morgan fingerprint density at radius 1 is 1.42 bits per heavy atom. The van der Waals surface area contributed by atoms with E-state index in [4.69, 9.17) is 5.73 Å². The summed E-state index contributed by atoms with van der Waals surface area (Å²) in [4.78, 5) is 11.7. The number of nitrogen functional groups attached to an aromatic ring is 1. The first-order valence-corrected chi connectivity index (χ1v) is 6.06. The number of nitrogens with two attached hydrogens (primary N) is 1. The molecule has 8 heteroatoms. The third kappa shape index (κ3) is 5.93. The van der Waals surface area contributed by atoms with Gasteiger partial charge in [0.2, 0.25) is 0 Å². The molecule has 0 aliphatic carbocycles. The molecule has 0 aliphatic rings. The number of anilines is 1. The molecule has 0 spiro atoms. The number of hydrogen-bond acceptors (Lipinski definition) is 3. The molecule has 0 radical (unpaired) electrons. The summed E-state index contributed by atoms with van der Waals surface area (Å²) in [6.45, 7) is -1.57. The van der Waals surface area contributed by atoms with Gasteiger partial charge in [0.15, 0.2) is 0 Å². The van der Waals surface area contributed by atoms with Crippen molar-refractivity contribution in [2.24, 2.45) is 0 Å². The minimum Gasteiger partial charge on any atom is -0.398 e. The van der Waals surface area contributed by atoms with Crippen LogP contribution in [0.15, 0.2) is 22.7 Å². The normalized spacial score (nSPS) is 11.4. The number of ether oxygens (including phenoxy) is 1. The van der Waals surface area contributed by atoms with Crippen molar-refractivity contribution in [2.45, 2.75) is 6.18 Å². The van der Waals surface area contributed by atoms with Crippen LogP contribution in [0, 0.1) is 0 Å². The standard InChI is InChI=1S/C11H12BrF3N2O2/c12-7-1-2-8(9(16)5-7)10(18)17-3-4-19-6-11(13,14)15/h1-2,5H,3-4,6,16H2,(H,17,18). The number of hydrogen-bond donors (Lipinski definition) is 2. The van der Waals surface area contributed by atoms with Crippen molar-refractivity contribution in [3.05, 3.63) is 28.2 Å². The molecular weight excluding hydrogens is 329 g/mol. The highest BCUT2D eigenvalue weighted by molar-refractivity contribution is 9.10. The average Bonchev–Trinajstić information content (AvgIpc) is 2.26. The lowest BCUT2D eigenvalue weighted by Crippen LogP contribution is -2.29. The molecule has 106 valence electrons. The first-order valence-electron chi connectivity index (χ1n) is 5.27. The van der Waals surface area contributed by atoms with Crippen molar-refractivity contribution in [2.75, 3.05) is 25.5 Å². The molecule has 0 saturated carbocycles. The molecule has 1 rings (SSSR count). The molecule has 1 aromatic rings. The summed E-state index contributed by atoms with van der Waals surface area (Å²) in [7, 11) is 0. The number of rotatable bonds is 5. The summed E-state index contributed by atoms with van der Waals surface area (Å²) < 4.78 is 40.4. The van der Waals surface area contributed by atoms with Crippen LogP contribution in [0.4, 0.5) is 18.9 Å². The van der Waals surface area contributed by atoms with Crippen LogP contribution >= 0.6 is 15.9 Å². The highest BCUT2D eigenvalue weighted by Crippen LogP contribution is 2.18. The van der Waals surface area contributed by atoms with Crippen molar-refractivity contribution in [3.8, 4) is 0 Å². The zero-order valence-electron chi connectivity index (χ0n) is 9.76. The molecule has 0 saturated heterocycles. The number of nitrogens with one attached hydrogen (secondary N) is 1. The fraction of sp³-hybridized carbons (Fsp3) is 0.364. The number of amides is 1. The van der Waals surface area contributed by atoms with Crippen molar-refractivity contribution >= 4 is 27.5 Å². The van der Waals surface area contributed by atoms with Crippen LogP contribution in [0.3, 0.4) is 0 Å². The summed E-state index contributed by atoms with van der Waals surface area (Å²) in [5, 5.41) is 2.42. The molecule has 4 nitrogen and oxygen atoms in total. The molecule has 0 atom stereocenters. The van der Waals surface area contributed by atoms with Gasteiger partial charge in [-0.05, 0) is 18.2 Å². The van der Waals surface area contributed by atoms with Crippen LogP contribution in [0.1, 0.15) is 10.4 Å². The monoisotopic (exact) mass is 340 g/mol. The van der Waals surface area contributed by atoms with E-state index in [0.717, 1.165) is 4.47 Å². The Morgan fingerprint density at radius 2 is 2.11 bits per heavy atom. The van der Waals surface area contributed by atoms with E-state index >= 15 is 0 Å². The fourth-order valence-corrected chi connectivity index (χ4v) is 1.64. The van der Waals surface area contributed by atoms with Crippen molar-refractivity contribution in [1.82, 2.24) is 5.32 Å². The second-order valence-corrected chi connectivity index (χ2v) is 4.57. The largest absolute Gasteiger partial charge is 0.411 e. The lowest BCUT2D eigenvalue weighted by molar-refractivity contribution is -0.173. The number of halogens is 4. The Hall–Kier alpha value is -1.28. The van der Waals surface area contributed by atoms with Gasteiger partial charge in [0.05, 0.1) is 12.2 Å². The minimum absolute atomic E-state index is 0.0234. The first-order chi connectivity index (χ1) is 8.79. The summed E-state index contributed by atoms with van der Waals surface area (Å²) in [5.41, 5.74) is 6.18. The molecule has 0 bridgehead atoms. The van der Waals surface area contributed by atoms with Crippen LogP contribution in [-0.4, -0.2) is 31.8 Å². The van der Waals surface area contributed by atoms with Gasteiger partial charge in [-0.25, -0.2) is 0 Å². The van der Waals surface area contributed by atoms with Gasteiger partial charge in [0, 0.05) is 16.7 Å². The zero-order valence-corrected chi connectivity index (χ0v) is 11.3. The number of carbonyl (C=O) groups excluding carboxylic acids is 1. The maximum Gasteiger partial charge on any atom is 0.411 e. The van der Waals surface area contributed by atoms with E-state index in [1.807, 2.05) is 0 Å². The van der Waals surface area contributed by atoms with E-state index in [1.54, 1.807) is 12.1 Å². The molecule has 0 fully saturated rings. The Balaban J connectivity index is 2.36. The minimum atomic E-state index is -4.36. The highest BCUT2D eigenvalue weighted by Gasteiger charge is 2.27. The lowest BCUT2D eigenvalue weighted by atomic mass is 10.1.